The van der Waals surface area contributed by atoms with E-state index < -0.39 is 17.6 Å². The van der Waals surface area contributed by atoms with Gasteiger partial charge in [0.15, 0.2) is 0 Å². The lowest BCUT2D eigenvalue weighted by atomic mass is 10.1. The summed E-state index contributed by atoms with van der Waals surface area (Å²) in [4.78, 5) is 20.9. The van der Waals surface area contributed by atoms with Crippen LogP contribution in [0.3, 0.4) is 0 Å². The van der Waals surface area contributed by atoms with Gasteiger partial charge in [-0.05, 0) is 31.2 Å². The predicted octanol–water partition coefficient (Wildman–Crippen LogP) is 1.80. The van der Waals surface area contributed by atoms with Crippen molar-refractivity contribution in [3.63, 3.8) is 0 Å². The van der Waals surface area contributed by atoms with E-state index in [9.17, 15) is 14.0 Å². The number of rotatable bonds is 3. The van der Waals surface area contributed by atoms with E-state index in [0.717, 1.165) is 17.7 Å². The first-order valence-corrected chi connectivity index (χ1v) is 4.22. The van der Waals surface area contributed by atoms with Crippen LogP contribution in [0.15, 0.2) is 24.3 Å². The zero-order valence-corrected chi connectivity index (χ0v) is 8.03. The number of carboxylic acids is 1. The Bertz CT molecular complexity index is 435. The molecule has 15 heavy (non-hydrogen) atoms. The van der Waals surface area contributed by atoms with E-state index in [4.69, 9.17) is 5.11 Å². The maximum atomic E-state index is 13.1. The minimum Gasteiger partial charge on any atom is -0.475 e. The van der Waals surface area contributed by atoms with E-state index in [1.165, 1.54) is 12.1 Å². The van der Waals surface area contributed by atoms with Crippen LogP contribution in [0.2, 0.25) is 0 Å². The van der Waals surface area contributed by atoms with Gasteiger partial charge in [0.05, 0.1) is 0 Å². The Kier molecular flexibility index (Phi) is 3.33. The summed E-state index contributed by atoms with van der Waals surface area (Å²) in [5.41, 5.74) is 1.03. The minimum atomic E-state index is -1.56. The van der Waals surface area contributed by atoms with Crippen molar-refractivity contribution in [2.24, 2.45) is 0 Å². The van der Waals surface area contributed by atoms with Gasteiger partial charge in [0.25, 0.3) is 5.78 Å². The van der Waals surface area contributed by atoms with E-state index in [0.29, 0.717) is 0 Å². The first kappa shape index (κ1) is 11.1. The van der Waals surface area contributed by atoms with E-state index in [2.05, 4.69) is 0 Å². The first-order valence-electron chi connectivity index (χ1n) is 4.22. The largest absolute Gasteiger partial charge is 0.475 e. The van der Waals surface area contributed by atoms with E-state index >= 15 is 0 Å². The van der Waals surface area contributed by atoms with Crippen LogP contribution in [0.1, 0.15) is 11.1 Å². The van der Waals surface area contributed by atoms with Crippen molar-refractivity contribution in [1.29, 1.82) is 0 Å². The van der Waals surface area contributed by atoms with E-state index in [1.807, 2.05) is 0 Å². The lowest BCUT2D eigenvalue weighted by Gasteiger charge is -1.97. The molecule has 0 aliphatic carbocycles. The predicted molar refractivity (Wildman–Crippen MR) is 52.8 cm³/mol. The second kappa shape index (κ2) is 4.50. The highest BCUT2D eigenvalue weighted by molar-refractivity contribution is 6.38. The molecule has 1 N–H and O–H groups in total. The van der Waals surface area contributed by atoms with Crippen molar-refractivity contribution in [2.75, 3.05) is 0 Å². The van der Waals surface area contributed by atoms with Gasteiger partial charge in [-0.25, -0.2) is 9.18 Å². The molecule has 0 fully saturated rings. The van der Waals surface area contributed by atoms with Crippen molar-refractivity contribution in [3.05, 3.63) is 41.2 Å². The minimum absolute atomic E-state index is 0.199. The Morgan fingerprint density at radius 1 is 1.40 bits per heavy atom. The fourth-order valence-electron chi connectivity index (χ4n) is 1.03. The van der Waals surface area contributed by atoms with Crippen molar-refractivity contribution in [2.45, 2.75) is 6.92 Å². The third-order valence-corrected chi connectivity index (χ3v) is 1.78. The summed E-state index contributed by atoms with van der Waals surface area (Å²) in [6, 6.07) is 4.38. The second-order valence-electron chi connectivity index (χ2n) is 3.03. The standard InChI is InChI=1S/C11H9FO3/c1-7-2-4-9(12)8(6-7)3-5-10(13)11(14)15/h2-6H,1H3,(H,14,15)/b5-3+. The van der Waals surface area contributed by atoms with Crippen LogP contribution in [-0.2, 0) is 9.59 Å². The molecule has 0 aromatic heterocycles. The summed E-state index contributed by atoms with van der Waals surface area (Å²) in [7, 11) is 0. The smallest absolute Gasteiger partial charge is 0.376 e. The Hall–Kier alpha value is -1.97. The Morgan fingerprint density at radius 3 is 2.67 bits per heavy atom. The molecule has 3 nitrogen and oxygen atoms in total. The van der Waals surface area contributed by atoms with E-state index in [-0.39, 0.29) is 5.56 Å². The van der Waals surface area contributed by atoms with Gasteiger partial charge in [0.1, 0.15) is 5.82 Å². The van der Waals surface area contributed by atoms with Crippen molar-refractivity contribution in [1.82, 2.24) is 0 Å². The maximum Gasteiger partial charge on any atom is 0.376 e. The summed E-state index contributed by atoms with van der Waals surface area (Å²) in [6.45, 7) is 1.77. The lowest BCUT2D eigenvalue weighted by molar-refractivity contribution is -0.146. The number of ketones is 1. The van der Waals surface area contributed by atoms with Crippen LogP contribution in [-0.4, -0.2) is 16.9 Å². The second-order valence-corrected chi connectivity index (χ2v) is 3.03. The molecule has 0 saturated carbocycles. The van der Waals surface area contributed by atoms with Gasteiger partial charge in [-0.15, -0.1) is 0 Å². The fourth-order valence-corrected chi connectivity index (χ4v) is 1.03. The molecule has 4 heteroatoms. The molecule has 0 amide bonds. The van der Waals surface area contributed by atoms with Crippen LogP contribution in [0, 0.1) is 12.7 Å². The third-order valence-electron chi connectivity index (χ3n) is 1.78. The Morgan fingerprint density at radius 2 is 2.07 bits per heavy atom. The van der Waals surface area contributed by atoms with Gasteiger partial charge < -0.3 is 5.11 Å². The number of aliphatic carboxylic acids is 1. The maximum absolute atomic E-state index is 13.1. The highest BCUT2D eigenvalue weighted by Crippen LogP contribution is 2.11. The summed E-state index contributed by atoms with van der Waals surface area (Å²) in [6.07, 6.45) is 1.99. The number of carboxylic acid groups (broad SMARTS) is 1. The summed E-state index contributed by atoms with van der Waals surface area (Å²) in [5.74, 6) is -3.12. The third kappa shape index (κ3) is 3.02. The quantitative estimate of drug-likeness (QED) is 0.608. The SMILES string of the molecule is Cc1ccc(F)c(/C=C/C(=O)C(=O)O)c1. The van der Waals surface area contributed by atoms with Crippen LogP contribution >= 0.6 is 0 Å². The summed E-state index contributed by atoms with van der Waals surface area (Å²) in [5, 5.41) is 8.29. The summed E-state index contributed by atoms with van der Waals surface area (Å²) < 4.78 is 13.1. The van der Waals surface area contributed by atoms with Gasteiger partial charge in [-0.2, -0.15) is 0 Å². The molecule has 1 aromatic carbocycles. The topological polar surface area (TPSA) is 54.4 Å². The fraction of sp³-hybridized carbons (Fsp3) is 0.0909. The molecule has 0 bridgehead atoms. The molecule has 0 aliphatic rings. The molecule has 0 unspecified atom stereocenters. The van der Waals surface area contributed by atoms with Crippen LogP contribution in [0.5, 0.6) is 0 Å². The molecule has 0 heterocycles. The molecule has 0 spiro atoms. The molecule has 78 valence electrons. The molecule has 1 aromatic rings. The average Bonchev–Trinajstić information content (AvgIpc) is 2.18. The number of halogens is 1. The number of hydrogen-bond donors (Lipinski definition) is 1. The Labute approximate surface area is 85.8 Å². The molecule has 0 aliphatic heterocycles. The Balaban J connectivity index is 2.94. The van der Waals surface area contributed by atoms with Gasteiger partial charge in [-0.1, -0.05) is 11.6 Å². The van der Waals surface area contributed by atoms with Crippen molar-refractivity contribution in [3.8, 4) is 0 Å². The molecular weight excluding hydrogens is 199 g/mol. The van der Waals surface area contributed by atoms with Crippen molar-refractivity contribution < 1.29 is 19.1 Å². The van der Waals surface area contributed by atoms with Gasteiger partial charge in [-0.3, -0.25) is 4.79 Å². The van der Waals surface area contributed by atoms with Crippen LogP contribution in [0.25, 0.3) is 6.08 Å². The lowest BCUT2D eigenvalue weighted by Crippen LogP contribution is -2.08. The number of hydrogen-bond acceptors (Lipinski definition) is 2. The van der Waals surface area contributed by atoms with Gasteiger partial charge >= 0.3 is 5.97 Å². The zero-order chi connectivity index (χ0) is 11.4. The first-order chi connectivity index (χ1) is 7.00. The normalized spacial score (nSPS) is 10.5. The molecule has 0 atom stereocenters. The number of benzene rings is 1. The van der Waals surface area contributed by atoms with Crippen LogP contribution in [0.4, 0.5) is 4.39 Å². The molecule has 0 radical (unpaired) electrons. The average molecular weight is 208 g/mol. The van der Waals surface area contributed by atoms with Crippen LogP contribution < -0.4 is 0 Å². The van der Waals surface area contributed by atoms with Gasteiger partial charge in [0, 0.05) is 5.56 Å². The molecular formula is C11H9FO3. The monoisotopic (exact) mass is 208 g/mol. The number of carbonyl (C=O) groups excluding carboxylic acids is 1. The van der Waals surface area contributed by atoms with Crippen molar-refractivity contribution >= 4 is 17.8 Å². The zero-order valence-electron chi connectivity index (χ0n) is 8.03. The summed E-state index contributed by atoms with van der Waals surface area (Å²) >= 11 is 0. The highest BCUT2D eigenvalue weighted by atomic mass is 19.1. The van der Waals surface area contributed by atoms with E-state index in [1.54, 1.807) is 13.0 Å². The molecule has 0 saturated heterocycles. The number of carbonyl (C=O) groups is 2. The highest BCUT2D eigenvalue weighted by Gasteiger charge is 2.06. The number of aryl methyl sites for hydroxylation is 1. The molecule has 1 rings (SSSR count). The van der Waals surface area contributed by atoms with Gasteiger partial charge in [0.2, 0.25) is 0 Å².